The Balaban J connectivity index is 2.03. The first-order valence-electron chi connectivity index (χ1n) is 7.85. The lowest BCUT2D eigenvalue weighted by Crippen LogP contribution is -2.06. The predicted octanol–water partition coefficient (Wildman–Crippen LogP) is 4.33. The monoisotopic (exact) mass is 333 g/mol. The molecule has 3 rings (SSSR count). The number of aromatic nitrogens is 2. The number of anilines is 3. The molecule has 0 unspecified atom stereocenters. The van der Waals surface area contributed by atoms with E-state index in [9.17, 15) is 9.65 Å². The van der Waals surface area contributed by atoms with Crippen molar-refractivity contribution in [1.82, 2.24) is 9.97 Å². The number of nitriles is 1. The first kappa shape index (κ1) is 16.4. The Morgan fingerprint density at radius 2 is 1.88 bits per heavy atom. The first-order chi connectivity index (χ1) is 12.2. The smallest absolute Gasteiger partial charge is 0.225 e. The molecule has 0 amide bonds. The molecule has 0 aliphatic carbocycles. The third-order valence-corrected chi connectivity index (χ3v) is 3.52. The molecule has 1 aromatic heterocycles. The number of nitrogens with one attached hydrogen (secondary N) is 2. The van der Waals surface area contributed by atoms with Crippen LogP contribution in [0, 0.1) is 17.1 Å². The predicted molar refractivity (Wildman–Crippen MR) is 96.0 cm³/mol. The van der Waals surface area contributed by atoms with Crippen molar-refractivity contribution in [3.05, 3.63) is 66.0 Å². The maximum atomic E-state index is 13.8. The van der Waals surface area contributed by atoms with E-state index >= 15 is 0 Å². The molecular weight excluding hydrogens is 317 g/mol. The minimum atomic E-state index is -0.572. The third-order valence-electron chi connectivity index (χ3n) is 3.52. The molecule has 0 saturated carbocycles. The Hall–Kier alpha value is -3.46. The van der Waals surface area contributed by atoms with E-state index in [1.807, 2.05) is 43.3 Å². The molecule has 1 heterocycles. The Bertz CT molecular complexity index is 919. The van der Waals surface area contributed by atoms with Gasteiger partial charge in [0.05, 0.1) is 11.4 Å². The molecule has 0 fully saturated rings. The number of rotatable bonds is 5. The normalized spacial score (nSPS) is 10.1. The number of halogens is 1. The minimum Gasteiger partial charge on any atom is -0.354 e. The fourth-order valence-electron chi connectivity index (χ4n) is 2.39. The molecule has 0 aliphatic rings. The summed E-state index contributed by atoms with van der Waals surface area (Å²) in [4.78, 5) is 8.88. The van der Waals surface area contributed by atoms with E-state index < -0.39 is 5.82 Å². The van der Waals surface area contributed by atoms with Gasteiger partial charge < -0.3 is 10.6 Å². The molecule has 5 nitrogen and oxygen atoms in total. The molecule has 0 aliphatic heterocycles. The minimum absolute atomic E-state index is 0.0487. The SMILES string of the molecule is CCNc1nc(Nc2cccc(F)c2C#N)cc(-c2ccccc2)n1. The highest BCUT2D eigenvalue weighted by atomic mass is 19.1. The lowest BCUT2D eigenvalue weighted by Gasteiger charge is -2.12. The zero-order chi connectivity index (χ0) is 17.6. The highest BCUT2D eigenvalue weighted by Crippen LogP contribution is 2.26. The van der Waals surface area contributed by atoms with Gasteiger partial charge in [0.1, 0.15) is 23.3 Å². The molecule has 25 heavy (non-hydrogen) atoms. The van der Waals surface area contributed by atoms with Crippen molar-refractivity contribution in [3.8, 4) is 17.3 Å². The van der Waals surface area contributed by atoms with Crippen LogP contribution in [0.4, 0.5) is 21.8 Å². The molecular formula is C19H16FN5. The van der Waals surface area contributed by atoms with Gasteiger partial charge in [-0.1, -0.05) is 36.4 Å². The molecule has 124 valence electrons. The van der Waals surface area contributed by atoms with Crippen LogP contribution in [0.2, 0.25) is 0 Å². The van der Waals surface area contributed by atoms with Crippen molar-refractivity contribution in [3.63, 3.8) is 0 Å². The summed E-state index contributed by atoms with van der Waals surface area (Å²) in [5.74, 6) is 0.366. The van der Waals surface area contributed by atoms with E-state index in [2.05, 4.69) is 20.6 Å². The fraction of sp³-hybridized carbons (Fsp3) is 0.105. The lowest BCUT2D eigenvalue weighted by atomic mass is 10.1. The fourth-order valence-corrected chi connectivity index (χ4v) is 2.39. The summed E-state index contributed by atoms with van der Waals surface area (Å²) < 4.78 is 13.8. The van der Waals surface area contributed by atoms with E-state index in [4.69, 9.17) is 0 Å². The summed E-state index contributed by atoms with van der Waals surface area (Å²) >= 11 is 0. The van der Waals surface area contributed by atoms with Crippen molar-refractivity contribution >= 4 is 17.5 Å². The van der Waals surface area contributed by atoms with Gasteiger partial charge in [-0.2, -0.15) is 10.2 Å². The zero-order valence-electron chi connectivity index (χ0n) is 13.6. The van der Waals surface area contributed by atoms with Crippen molar-refractivity contribution in [2.45, 2.75) is 6.92 Å². The summed E-state index contributed by atoms with van der Waals surface area (Å²) in [5.41, 5.74) is 1.98. The maximum absolute atomic E-state index is 13.8. The summed E-state index contributed by atoms with van der Waals surface area (Å²) in [6.07, 6.45) is 0. The van der Waals surface area contributed by atoms with Gasteiger partial charge in [-0.05, 0) is 19.1 Å². The molecule has 6 heteroatoms. The largest absolute Gasteiger partial charge is 0.354 e. The number of benzene rings is 2. The molecule has 0 atom stereocenters. The van der Waals surface area contributed by atoms with Crippen LogP contribution < -0.4 is 10.6 Å². The van der Waals surface area contributed by atoms with Crippen LogP contribution in [-0.4, -0.2) is 16.5 Å². The van der Waals surface area contributed by atoms with Crippen LogP contribution in [0.15, 0.2) is 54.6 Å². The van der Waals surface area contributed by atoms with Gasteiger partial charge in [-0.15, -0.1) is 0 Å². The van der Waals surface area contributed by atoms with Crippen LogP contribution in [0.1, 0.15) is 12.5 Å². The third kappa shape index (κ3) is 3.72. The van der Waals surface area contributed by atoms with Crippen molar-refractivity contribution in [2.75, 3.05) is 17.2 Å². The number of hydrogen-bond acceptors (Lipinski definition) is 5. The molecule has 3 aromatic rings. The summed E-state index contributed by atoms with van der Waals surface area (Å²) in [5, 5.41) is 15.3. The van der Waals surface area contributed by atoms with Crippen molar-refractivity contribution in [2.24, 2.45) is 0 Å². The molecule has 0 saturated heterocycles. The molecule has 2 N–H and O–H groups in total. The molecule has 0 spiro atoms. The van der Waals surface area contributed by atoms with Crippen LogP contribution in [0.5, 0.6) is 0 Å². The van der Waals surface area contributed by atoms with E-state index in [1.54, 1.807) is 18.2 Å². The van der Waals surface area contributed by atoms with Crippen molar-refractivity contribution in [1.29, 1.82) is 5.26 Å². The Kier molecular flexibility index (Phi) is 4.86. The van der Waals surface area contributed by atoms with Gasteiger partial charge in [-0.3, -0.25) is 0 Å². The lowest BCUT2D eigenvalue weighted by molar-refractivity contribution is 0.624. The van der Waals surface area contributed by atoms with Crippen LogP contribution >= 0.6 is 0 Å². The second-order valence-electron chi connectivity index (χ2n) is 5.26. The Morgan fingerprint density at radius 1 is 1.08 bits per heavy atom. The summed E-state index contributed by atoms with van der Waals surface area (Å²) in [6.45, 7) is 2.62. The van der Waals surface area contributed by atoms with E-state index in [0.717, 1.165) is 11.3 Å². The van der Waals surface area contributed by atoms with E-state index in [0.29, 0.717) is 24.0 Å². The van der Waals surface area contributed by atoms with Gasteiger partial charge in [0.2, 0.25) is 5.95 Å². The van der Waals surface area contributed by atoms with Gasteiger partial charge in [0.25, 0.3) is 0 Å². The van der Waals surface area contributed by atoms with Gasteiger partial charge in [0.15, 0.2) is 0 Å². The maximum Gasteiger partial charge on any atom is 0.225 e. The molecule has 2 aromatic carbocycles. The van der Waals surface area contributed by atoms with Gasteiger partial charge in [-0.25, -0.2) is 9.37 Å². The summed E-state index contributed by atoms with van der Waals surface area (Å²) in [6, 6.07) is 17.8. The average Bonchev–Trinajstić information content (AvgIpc) is 2.63. The van der Waals surface area contributed by atoms with Gasteiger partial charge in [0, 0.05) is 18.2 Å². The van der Waals surface area contributed by atoms with E-state index in [1.165, 1.54) is 6.07 Å². The second kappa shape index (κ2) is 7.41. The van der Waals surface area contributed by atoms with Crippen molar-refractivity contribution < 1.29 is 4.39 Å². The standard InChI is InChI=1S/C19H16FN5/c1-2-22-19-24-17(13-7-4-3-5-8-13)11-18(25-19)23-16-10-6-9-15(20)14(16)12-21/h3-11H,2H2,1H3,(H2,22,23,24,25). The highest BCUT2D eigenvalue weighted by molar-refractivity contribution is 5.70. The van der Waals surface area contributed by atoms with Gasteiger partial charge >= 0.3 is 0 Å². The van der Waals surface area contributed by atoms with E-state index in [-0.39, 0.29) is 5.56 Å². The Morgan fingerprint density at radius 3 is 2.60 bits per heavy atom. The molecule has 0 radical (unpaired) electrons. The number of hydrogen-bond donors (Lipinski definition) is 2. The first-order valence-corrected chi connectivity index (χ1v) is 7.85. The quantitative estimate of drug-likeness (QED) is 0.727. The van der Waals surface area contributed by atoms with Crippen LogP contribution in [-0.2, 0) is 0 Å². The average molecular weight is 333 g/mol. The summed E-state index contributed by atoms with van der Waals surface area (Å²) in [7, 11) is 0. The van der Waals surface area contributed by atoms with Crippen LogP contribution in [0.3, 0.4) is 0 Å². The topological polar surface area (TPSA) is 73.6 Å². The Labute approximate surface area is 145 Å². The number of nitrogens with zero attached hydrogens (tertiary/aromatic N) is 3. The second-order valence-corrected chi connectivity index (χ2v) is 5.26. The van der Waals surface area contributed by atoms with Crippen LogP contribution in [0.25, 0.3) is 11.3 Å². The highest BCUT2D eigenvalue weighted by Gasteiger charge is 2.11. The zero-order valence-corrected chi connectivity index (χ0v) is 13.6. The molecule has 0 bridgehead atoms.